The summed E-state index contributed by atoms with van der Waals surface area (Å²) in [7, 11) is 0. The third-order valence-electron chi connectivity index (χ3n) is 5.09. The Morgan fingerprint density at radius 1 is 0.889 bits per heavy atom. The summed E-state index contributed by atoms with van der Waals surface area (Å²) in [6, 6.07) is 17.7. The molecule has 0 radical (unpaired) electrons. The molecule has 0 heterocycles. The molecule has 27 heavy (non-hydrogen) atoms. The molecule has 5 heteroatoms. The van der Waals surface area contributed by atoms with Crippen LogP contribution in [0.1, 0.15) is 36.8 Å². The number of nitrogens with one attached hydrogen (secondary N) is 1. The summed E-state index contributed by atoms with van der Waals surface area (Å²) in [4.78, 5) is 23.3. The number of carboxylic acids is 1. The number of carbonyl (C=O) groups excluding carboxylic acids is 1. The van der Waals surface area contributed by atoms with Crippen LogP contribution in [0.15, 0.2) is 54.6 Å². The molecule has 0 aromatic heterocycles. The molecule has 1 saturated carbocycles. The molecule has 0 atom stereocenters. The molecule has 0 spiro atoms. The van der Waals surface area contributed by atoms with E-state index in [2.05, 4.69) is 5.32 Å². The van der Waals surface area contributed by atoms with Crippen molar-refractivity contribution in [3.8, 4) is 5.75 Å². The van der Waals surface area contributed by atoms with Gasteiger partial charge in [-0.3, -0.25) is 9.59 Å². The minimum absolute atomic E-state index is 0.0169. The van der Waals surface area contributed by atoms with Crippen molar-refractivity contribution >= 4 is 11.9 Å². The molecule has 1 aliphatic carbocycles. The molecule has 0 unspecified atom stereocenters. The molecule has 2 N–H and O–H groups in total. The van der Waals surface area contributed by atoms with Gasteiger partial charge in [-0.05, 0) is 48.9 Å². The normalized spacial score (nSPS) is 19.3. The molecule has 142 valence electrons. The lowest BCUT2D eigenvalue weighted by molar-refractivity contribution is -0.144. The predicted molar refractivity (Wildman–Crippen MR) is 102 cm³/mol. The van der Waals surface area contributed by atoms with E-state index in [4.69, 9.17) is 9.84 Å². The van der Waals surface area contributed by atoms with E-state index in [1.807, 2.05) is 54.6 Å². The van der Waals surface area contributed by atoms with Gasteiger partial charge in [-0.15, -0.1) is 0 Å². The summed E-state index contributed by atoms with van der Waals surface area (Å²) >= 11 is 0. The van der Waals surface area contributed by atoms with Gasteiger partial charge in [-0.25, -0.2) is 0 Å². The lowest BCUT2D eigenvalue weighted by Gasteiger charge is -2.25. The fourth-order valence-corrected chi connectivity index (χ4v) is 3.38. The summed E-state index contributed by atoms with van der Waals surface area (Å²) in [5, 5.41) is 12.0. The van der Waals surface area contributed by atoms with E-state index >= 15 is 0 Å². The van der Waals surface area contributed by atoms with Gasteiger partial charge in [-0.2, -0.15) is 0 Å². The van der Waals surface area contributed by atoms with E-state index in [9.17, 15) is 9.59 Å². The Morgan fingerprint density at radius 2 is 1.52 bits per heavy atom. The van der Waals surface area contributed by atoms with Crippen LogP contribution in [0.5, 0.6) is 5.75 Å². The topological polar surface area (TPSA) is 75.6 Å². The Balaban J connectivity index is 1.42. The van der Waals surface area contributed by atoms with Crippen LogP contribution in [-0.4, -0.2) is 17.0 Å². The van der Waals surface area contributed by atoms with Crippen molar-refractivity contribution in [3.05, 3.63) is 65.7 Å². The van der Waals surface area contributed by atoms with Crippen LogP contribution >= 0.6 is 0 Å². The highest BCUT2D eigenvalue weighted by atomic mass is 16.5. The van der Waals surface area contributed by atoms with Crippen LogP contribution in [0.3, 0.4) is 0 Å². The summed E-state index contributed by atoms with van der Waals surface area (Å²) in [5.41, 5.74) is 2.13. The monoisotopic (exact) mass is 367 g/mol. The van der Waals surface area contributed by atoms with Gasteiger partial charge in [0.15, 0.2) is 0 Å². The quantitative estimate of drug-likeness (QED) is 0.781. The fourth-order valence-electron chi connectivity index (χ4n) is 3.38. The predicted octanol–water partition coefficient (Wildman–Crippen LogP) is 3.77. The molecular formula is C22H25NO4. The minimum atomic E-state index is -0.747. The molecule has 1 amide bonds. The average Bonchev–Trinajstić information content (AvgIpc) is 2.72. The average molecular weight is 367 g/mol. The first-order valence-corrected chi connectivity index (χ1v) is 9.38. The highest BCUT2D eigenvalue weighted by molar-refractivity contribution is 5.79. The van der Waals surface area contributed by atoms with E-state index in [1.54, 1.807) is 0 Å². The molecule has 0 bridgehead atoms. The Bertz CT molecular complexity index is 750. The van der Waals surface area contributed by atoms with Gasteiger partial charge in [0.05, 0.1) is 5.92 Å². The zero-order valence-corrected chi connectivity index (χ0v) is 15.3. The first kappa shape index (κ1) is 19.0. The molecule has 1 aliphatic rings. The Hall–Kier alpha value is -2.82. The maximum Gasteiger partial charge on any atom is 0.306 e. The van der Waals surface area contributed by atoms with Crippen LogP contribution in [0.4, 0.5) is 0 Å². The van der Waals surface area contributed by atoms with Gasteiger partial charge in [0, 0.05) is 12.5 Å². The van der Waals surface area contributed by atoms with Crippen LogP contribution in [0, 0.1) is 11.8 Å². The van der Waals surface area contributed by atoms with Crippen molar-refractivity contribution in [1.82, 2.24) is 5.32 Å². The number of carboxylic acid groups (broad SMARTS) is 1. The second-order valence-electron chi connectivity index (χ2n) is 7.02. The second kappa shape index (κ2) is 9.21. The lowest BCUT2D eigenvalue weighted by Crippen LogP contribution is -2.34. The molecule has 0 saturated heterocycles. The third kappa shape index (κ3) is 5.58. The van der Waals surface area contributed by atoms with E-state index < -0.39 is 5.97 Å². The van der Waals surface area contributed by atoms with Gasteiger partial charge >= 0.3 is 5.97 Å². The minimum Gasteiger partial charge on any atom is -0.489 e. The highest BCUT2D eigenvalue weighted by Crippen LogP contribution is 2.29. The van der Waals surface area contributed by atoms with E-state index in [0.29, 0.717) is 38.8 Å². The van der Waals surface area contributed by atoms with E-state index in [1.165, 1.54) is 0 Å². The van der Waals surface area contributed by atoms with Crippen molar-refractivity contribution in [2.75, 3.05) is 0 Å². The van der Waals surface area contributed by atoms with Crippen molar-refractivity contribution in [3.63, 3.8) is 0 Å². The molecule has 5 nitrogen and oxygen atoms in total. The number of ether oxygens (including phenoxy) is 1. The number of carbonyl (C=O) groups is 2. The van der Waals surface area contributed by atoms with Crippen molar-refractivity contribution in [2.45, 2.75) is 38.8 Å². The van der Waals surface area contributed by atoms with Gasteiger partial charge in [0.25, 0.3) is 0 Å². The van der Waals surface area contributed by atoms with Crippen LogP contribution in [0.25, 0.3) is 0 Å². The zero-order chi connectivity index (χ0) is 19.1. The number of rotatable bonds is 7. The maximum absolute atomic E-state index is 12.3. The van der Waals surface area contributed by atoms with Crippen LogP contribution in [-0.2, 0) is 22.7 Å². The van der Waals surface area contributed by atoms with Crippen molar-refractivity contribution in [1.29, 1.82) is 0 Å². The van der Waals surface area contributed by atoms with E-state index in [0.717, 1.165) is 16.9 Å². The highest BCUT2D eigenvalue weighted by Gasteiger charge is 2.29. The number of benzene rings is 2. The largest absolute Gasteiger partial charge is 0.489 e. The number of hydrogen-bond acceptors (Lipinski definition) is 3. The van der Waals surface area contributed by atoms with Gasteiger partial charge in [-0.1, -0.05) is 42.5 Å². The van der Waals surface area contributed by atoms with Crippen molar-refractivity contribution in [2.24, 2.45) is 11.8 Å². The molecular weight excluding hydrogens is 342 g/mol. The second-order valence-corrected chi connectivity index (χ2v) is 7.02. The molecule has 2 aromatic carbocycles. The lowest BCUT2D eigenvalue weighted by atomic mass is 9.81. The molecule has 1 fully saturated rings. The Morgan fingerprint density at radius 3 is 2.15 bits per heavy atom. The molecule has 0 aliphatic heterocycles. The third-order valence-corrected chi connectivity index (χ3v) is 5.09. The molecule has 3 rings (SSSR count). The number of amides is 1. The zero-order valence-electron chi connectivity index (χ0n) is 15.3. The number of aliphatic carboxylic acids is 1. The van der Waals surface area contributed by atoms with Gasteiger partial charge < -0.3 is 15.2 Å². The standard InChI is InChI=1S/C22H25NO4/c24-21(18-8-10-19(11-9-18)22(25)26)23-14-16-6-12-20(13-7-16)27-15-17-4-2-1-3-5-17/h1-7,12-13,18-19H,8-11,14-15H2,(H,23,24)(H,25,26). The SMILES string of the molecule is O=C(O)C1CCC(C(=O)NCc2ccc(OCc3ccccc3)cc2)CC1. The smallest absolute Gasteiger partial charge is 0.306 e. The van der Waals surface area contributed by atoms with E-state index in [-0.39, 0.29) is 17.7 Å². The maximum atomic E-state index is 12.3. The first-order valence-electron chi connectivity index (χ1n) is 9.38. The molecule has 2 aromatic rings. The Kier molecular flexibility index (Phi) is 6.47. The number of hydrogen-bond donors (Lipinski definition) is 2. The summed E-state index contributed by atoms with van der Waals surface area (Å²) in [6.45, 7) is 0.993. The van der Waals surface area contributed by atoms with Gasteiger partial charge in [0.2, 0.25) is 5.91 Å². The Labute approximate surface area is 159 Å². The summed E-state index contributed by atoms with van der Waals surface area (Å²) < 4.78 is 5.76. The first-order chi connectivity index (χ1) is 13.1. The van der Waals surface area contributed by atoms with Crippen LogP contribution in [0.2, 0.25) is 0 Å². The van der Waals surface area contributed by atoms with Crippen molar-refractivity contribution < 1.29 is 19.4 Å². The van der Waals surface area contributed by atoms with Gasteiger partial charge in [0.1, 0.15) is 12.4 Å². The summed E-state index contributed by atoms with van der Waals surface area (Å²) in [6.07, 6.45) is 2.46. The fraction of sp³-hybridized carbons (Fsp3) is 0.364. The summed E-state index contributed by atoms with van der Waals surface area (Å²) in [5.74, 6) is -0.306. The van der Waals surface area contributed by atoms with Crippen LogP contribution < -0.4 is 10.1 Å².